The van der Waals surface area contributed by atoms with Crippen LogP contribution in [0.4, 0.5) is 8.63 Å². The molecule has 0 saturated heterocycles. The summed E-state index contributed by atoms with van der Waals surface area (Å²) < 4.78 is 55.1. The van der Waals surface area contributed by atoms with Crippen LogP contribution in [0.2, 0.25) is 0 Å². The van der Waals surface area contributed by atoms with Crippen LogP contribution in [0.1, 0.15) is 255 Å². The van der Waals surface area contributed by atoms with Gasteiger partial charge in [0.05, 0.1) is 79.1 Å². The zero-order chi connectivity index (χ0) is 56.5. The van der Waals surface area contributed by atoms with Crippen molar-refractivity contribution in [1.29, 1.82) is 0 Å². The third-order valence-electron chi connectivity index (χ3n) is 14.8. The van der Waals surface area contributed by atoms with Gasteiger partial charge >= 0.3 is 7.40 Å². The van der Waals surface area contributed by atoms with Crippen LogP contribution in [0.25, 0.3) is 5.57 Å². The lowest BCUT2D eigenvalue weighted by Crippen LogP contribution is -2.34. The van der Waals surface area contributed by atoms with Gasteiger partial charge in [-0.25, -0.2) is 0 Å². The van der Waals surface area contributed by atoms with Crippen LogP contribution in [0.15, 0.2) is 34.0 Å². The van der Waals surface area contributed by atoms with E-state index < -0.39 is 7.40 Å². The summed E-state index contributed by atoms with van der Waals surface area (Å²) in [5.74, 6) is 15.3. The lowest BCUT2D eigenvalue weighted by molar-refractivity contribution is -0.862. The fourth-order valence-electron chi connectivity index (χ4n) is 10.2. The molecule has 0 N–H and O–H groups in total. The Hall–Kier alpha value is -3.99. The van der Waals surface area contributed by atoms with Gasteiger partial charge in [-0.2, -0.15) is 0 Å². The van der Waals surface area contributed by atoms with Gasteiger partial charge in [0, 0.05) is 22.5 Å². The first-order valence-electron chi connectivity index (χ1n) is 31.1. The largest absolute Gasteiger partial charge is 0.677 e. The number of benzene rings is 1. The number of hydrogen-bond acceptors (Lipinski definition) is 4. The number of rotatable bonds is 41. The highest BCUT2D eigenvalue weighted by Gasteiger charge is 2.34. The Balaban J connectivity index is 2.23. The molecule has 0 unspecified atom stereocenters. The van der Waals surface area contributed by atoms with E-state index in [1.807, 2.05) is 32.9 Å². The maximum atomic E-state index is 16.0. The Morgan fingerprint density at radius 3 is 1.26 bits per heavy atom. The Bertz CT molecular complexity index is 2190. The first-order valence-corrected chi connectivity index (χ1v) is 31.1. The fourth-order valence-corrected chi connectivity index (χ4v) is 10.2. The average Bonchev–Trinajstić information content (AvgIpc) is 3.79. The summed E-state index contributed by atoms with van der Waals surface area (Å²) in [4.78, 5) is 5.25. The summed E-state index contributed by atoms with van der Waals surface area (Å²) in [7, 11) is 9.78. The van der Waals surface area contributed by atoms with Crippen molar-refractivity contribution in [2.75, 3.05) is 75.2 Å². The molecule has 432 valence electrons. The van der Waals surface area contributed by atoms with Crippen molar-refractivity contribution < 1.29 is 31.8 Å². The van der Waals surface area contributed by atoms with Crippen LogP contribution < -0.4 is 14.2 Å². The molecule has 0 fully saturated rings. The Kier molecular flexibility index (Phi) is 33.0. The van der Waals surface area contributed by atoms with Gasteiger partial charge in [0.2, 0.25) is 5.75 Å². The van der Waals surface area contributed by atoms with E-state index in [2.05, 4.69) is 86.7 Å². The quantitative estimate of drug-likeness (QED) is 0.0288. The summed E-state index contributed by atoms with van der Waals surface area (Å²) in [6, 6.07) is 4.03. The van der Waals surface area contributed by atoms with Crippen LogP contribution in [-0.4, -0.2) is 102 Å². The number of aliphatic imine (C=N–C) groups is 1. The first kappa shape index (κ1) is 67.3. The van der Waals surface area contributed by atoms with Crippen molar-refractivity contribution in [3.05, 3.63) is 57.1 Å². The van der Waals surface area contributed by atoms with E-state index in [4.69, 9.17) is 19.2 Å². The van der Waals surface area contributed by atoms with Crippen molar-refractivity contribution in [2.45, 2.75) is 241 Å². The van der Waals surface area contributed by atoms with Gasteiger partial charge in [-0.1, -0.05) is 206 Å². The highest BCUT2D eigenvalue weighted by atomic mass is 19.2. The molecule has 1 aromatic heterocycles. The summed E-state index contributed by atoms with van der Waals surface area (Å²) in [5, 5.41) is 0. The molecule has 1 aromatic carbocycles. The molecule has 0 amide bonds. The number of nitrogens with zero attached hydrogens (tertiary/aromatic N) is 4. The van der Waals surface area contributed by atoms with E-state index in [-0.39, 0.29) is 0 Å². The molecule has 7 nitrogen and oxygen atoms in total. The molecule has 0 radical (unpaired) electrons. The van der Waals surface area contributed by atoms with E-state index in [0.717, 1.165) is 59.9 Å². The van der Waals surface area contributed by atoms with Crippen molar-refractivity contribution in [1.82, 2.24) is 4.48 Å². The number of unbranched alkanes of at least 4 members (excludes halogenated alkanes) is 27. The normalized spacial score (nSPS) is 13.4. The molecule has 0 saturated carbocycles. The van der Waals surface area contributed by atoms with Crippen LogP contribution in [-0.2, 0) is 0 Å². The van der Waals surface area contributed by atoms with Gasteiger partial charge in [-0.05, 0) is 87.6 Å². The molecule has 77 heavy (non-hydrogen) atoms. The molecule has 3 rings (SSSR count). The van der Waals surface area contributed by atoms with E-state index in [1.54, 1.807) is 6.92 Å². The highest BCUT2D eigenvalue weighted by Crippen LogP contribution is 2.46. The van der Waals surface area contributed by atoms with Gasteiger partial charge in [0.15, 0.2) is 11.5 Å². The SMILES string of the molecule is CCCCCCCCCCCCOc1cc(/C(=C2/N=C(C)C(C#CC[N+](C)(C)C)=C2C)c2c(C)c(C#CC[N+](C)(C)C)c(C)n2B(F)F)cc(OCCCCCCCCCCCC)c1OCCCCCCCCCCCC. The second kappa shape index (κ2) is 37.8. The molecule has 0 atom stereocenters. The molecule has 0 spiro atoms. The van der Waals surface area contributed by atoms with Crippen molar-refractivity contribution in [3.8, 4) is 40.9 Å². The van der Waals surface area contributed by atoms with Crippen molar-refractivity contribution in [2.24, 2.45) is 4.99 Å². The minimum absolute atomic E-state index is 0.388. The summed E-state index contributed by atoms with van der Waals surface area (Å²) in [5.41, 5.74) is 6.44. The van der Waals surface area contributed by atoms with Gasteiger partial charge in [0.25, 0.3) is 0 Å². The molecule has 0 bridgehead atoms. The van der Waals surface area contributed by atoms with Gasteiger partial charge < -0.3 is 27.7 Å². The molecule has 2 heterocycles. The summed E-state index contributed by atoms with van der Waals surface area (Å²) in [6.45, 7) is 17.3. The molecule has 10 heteroatoms. The third-order valence-corrected chi connectivity index (χ3v) is 14.8. The zero-order valence-electron chi connectivity index (χ0n) is 51.8. The van der Waals surface area contributed by atoms with Crippen LogP contribution in [0.3, 0.4) is 0 Å². The van der Waals surface area contributed by atoms with Crippen LogP contribution >= 0.6 is 0 Å². The number of aromatic nitrogens is 1. The molecule has 1 aliphatic rings. The van der Waals surface area contributed by atoms with Gasteiger partial charge in [-0.3, -0.25) is 13.6 Å². The molecule has 0 aliphatic carbocycles. The predicted octanol–water partition coefficient (Wildman–Crippen LogP) is 18.1. The maximum Gasteiger partial charge on any atom is 0.677 e. The smallest absolute Gasteiger partial charge is 0.490 e. The predicted molar refractivity (Wildman–Crippen MR) is 328 cm³/mol. The zero-order valence-corrected chi connectivity index (χ0v) is 51.8. The molecule has 1 aliphatic heterocycles. The minimum atomic E-state index is -2.84. The van der Waals surface area contributed by atoms with E-state index in [1.165, 1.54) is 154 Å². The third kappa shape index (κ3) is 25.8. The van der Waals surface area contributed by atoms with Gasteiger partial charge in [0.1, 0.15) is 13.1 Å². The Morgan fingerprint density at radius 1 is 0.519 bits per heavy atom. The van der Waals surface area contributed by atoms with E-state index in [0.29, 0.717) is 98.5 Å². The number of allylic oxidation sites excluding steroid dienone is 2. The average molecular weight is 1070 g/mol. The Morgan fingerprint density at radius 2 is 0.883 bits per heavy atom. The minimum Gasteiger partial charge on any atom is -0.490 e. The highest BCUT2D eigenvalue weighted by molar-refractivity contribution is 6.41. The van der Waals surface area contributed by atoms with E-state index >= 15 is 8.63 Å². The lowest BCUT2D eigenvalue weighted by atomic mass is 9.92. The summed E-state index contributed by atoms with van der Waals surface area (Å²) in [6.07, 6.45) is 36.9. The van der Waals surface area contributed by atoms with Crippen LogP contribution in [0.5, 0.6) is 17.2 Å². The lowest BCUT2D eigenvalue weighted by Gasteiger charge is -2.22. The Labute approximate surface area is 472 Å². The number of quaternary nitrogens is 2. The number of hydrogen-bond donors (Lipinski definition) is 0. The standard InChI is InChI=1S/C67H111BF2N4O3/c1-14-17-20-23-26-29-32-35-38-41-50-75-62-53-59(54-63(76-51-42-39-36-33-30-27-24-21-18-15-2)67(62)77-52-43-40-37-34-31-28-25-22-19-16-3)64(65-55(4)60(57(6)71-65)46-44-48-73(8,9)10)66-56(5)61(47-45-49-74(11,12)13)58(7)72(66)68(69)70/h53-54H,14-43,48-52H2,1-13H3/q+2/b65-64-. The second-order valence-corrected chi connectivity index (χ2v) is 24.4. The monoisotopic (exact) mass is 1070 g/mol. The molecular formula is C67H111BF2N4O3+2. The van der Waals surface area contributed by atoms with E-state index in [9.17, 15) is 0 Å². The molecule has 2 aromatic rings. The number of halogens is 2. The van der Waals surface area contributed by atoms with Crippen molar-refractivity contribution in [3.63, 3.8) is 0 Å². The first-order chi connectivity index (χ1) is 36.9. The fraction of sp³-hybridized carbons (Fsp3) is 0.716. The second-order valence-electron chi connectivity index (χ2n) is 24.4. The van der Waals surface area contributed by atoms with Crippen LogP contribution in [0, 0.1) is 37.5 Å². The number of ether oxygens (including phenoxy) is 3. The maximum absolute atomic E-state index is 16.0. The topological polar surface area (TPSA) is 45.0 Å². The molecular weight excluding hydrogens is 958 g/mol. The summed E-state index contributed by atoms with van der Waals surface area (Å²) >= 11 is 0. The van der Waals surface area contributed by atoms with Crippen molar-refractivity contribution >= 4 is 18.7 Å². The van der Waals surface area contributed by atoms with Gasteiger partial charge in [-0.15, -0.1) is 0 Å².